The second kappa shape index (κ2) is 7.20. The van der Waals surface area contributed by atoms with Crippen molar-refractivity contribution >= 4 is 45.7 Å². The minimum atomic E-state index is 0.439. The fourth-order valence-corrected chi connectivity index (χ4v) is 3.46. The number of ether oxygens (including phenoxy) is 1. The summed E-state index contributed by atoms with van der Waals surface area (Å²) in [6.45, 7) is 2.56. The SMILES string of the molecule is CCOc1cccc(-c2n[nH]c(=S)n2/N=C/c2ccc(Br)s2)c1. The molecule has 0 saturated heterocycles. The second-order valence-corrected chi connectivity index (χ2v) is 7.39. The van der Waals surface area contributed by atoms with Gasteiger partial charge in [0.25, 0.3) is 0 Å². The predicted octanol–water partition coefficient (Wildman–Crippen LogP) is 4.71. The maximum atomic E-state index is 5.53. The van der Waals surface area contributed by atoms with Crippen LogP contribution in [0, 0.1) is 4.77 Å². The Bertz CT molecular complexity index is 897. The smallest absolute Gasteiger partial charge is 0.216 e. The molecular weight excluding hydrogens is 396 g/mol. The molecule has 0 spiro atoms. The molecule has 118 valence electrons. The first-order valence-corrected chi connectivity index (χ1v) is 8.89. The van der Waals surface area contributed by atoms with Gasteiger partial charge in [-0.05, 0) is 59.3 Å². The van der Waals surface area contributed by atoms with Crippen LogP contribution in [0.3, 0.4) is 0 Å². The van der Waals surface area contributed by atoms with E-state index in [0.717, 1.165) is 20.0 Å². The highest BCUT2D eigenvalue weighted by atomic mass is 79.9. The highest BCUT2D eigenvalue weighted by molar-refractivity contribution is 9.11. The second-order valence-electron chi connectivity index (χ2n) is 4.51. The maximum Gasteiger partial charge on any atom is 0.216 e. The van der Waals surface area contributed by atoms with Crippen molar-refractivity contribution in [2.24, 2.45) is 5.10 Å². The van der Waals surface area contributed by atoms with Crippen molar-refractivity contribution in [3.63, 3.8) is 0 Å². The average molecular weight is 409 g/mol. The summed E-state index contributed by atoms with van der Waals surface area (Å²) >= 11 is 10.3. The Hall–Kier alpha value is -1.77. The van der Waals surface area contributed by atoms with E-state index in [2.05, 4.69) is 31.2 Å². The first-order chi connectivity index (χ1) is 11.2. The zero-order valence-corrected chi connectivity index (χ0v) is 15.4. The number of H-pyrrole nitrogens is 1. The van der Waals surface area contributed by atoms with Crippen LogP contribution in [0.2, 0.25) is 0 Å². The van der Waals surface area contributed by atoms with Crippen molar-refractivity contribution in [3.05, 3.63) is 49.8 Å². The van der Waals surface area contributed by atoms with Crippen LogP contribution >= 0.6 is 39.5 Å². The van der Waals surface area contributed by atoms with Gasteiger partial charge in [0.1, 0.15) is 5.75 Å². The van der Waals surface area contributed by atoms with Crippen LogP contribution in [0.1, 0.15) is 11.8 Å². The van der Waals surface area contributed by atoms with Crippen LogP contribution in [-0.4, -0.2) is 27.7 Å². The summed E-state index contributed by atoms with van der Waals surface area (Å²) in [6, 6.07) is 11.7. The molecule has 23 heavy (non-hydrogen) atoms. The van der Waals surface area contributed by atoms with Gasteiger partial charge in [-0.25, -0.2) is 5.10 Å². The molecule has 1 N–H and O–H groups in total. The summed E-state index contributed by atoms with van der Waals surface area (Å²) in [5.74, 6) is 1.43. The number of hydrogen-bond acceptors (Lipinski definition) is 5. The lowest BCUT2D eigenvalue weighted by molar-refractivity contribution is 0.340. The van der Waals surface area contributed by atoms with E-state index in [0.29, 0.717) is 17.2 Å². The summed E-state index contributed by atoms with van der Waals surface area (Å²) in [5.41, 5.74) is 0.882. The van der Waals surface area contributed by atoms with E-state index in [9.17, 15) is 0 Å². The first kappa shape index (κ1) is 16.1. The number of rotatable bonds is 5. The minimum Gasteiger partial charge on any atom is -0.494 e. The third-order valence-electron chi connectivity index (χ3n) is 2.95. The van der Waals surface area contributed by atoms with E-state index < -0.39 is 0 Å². The molecule has 3 aromatic rings. The van der Waals surface area contributed by atoms with Crippen molar-refractivity contribution in [3.8, 4) is 17.1 Å². The molecule has 1 aromatic carbocycles. The molecule has 0 aliphatic carbocycles. The van der Waals surface area contributed by atoms with Crippen LogP contribution in [0.4, 0.5) is 0 Å². The van der Waals surface area contributed by atoms with E-state index >= 15 is 0 Å². The summed E-state index contributed by atoms with van der Waals surface area (Å²) in [4.78, 5) is 1.02. The van der Waals surface area contributed by atoms with Gasteiger partial charge >= 0.3 is 0 Å². The Morgan fingerprint density at radius 3 is 3.04 bits per heavy atom. The van der Waals surface area contributed by atoms with Crippen LogP contribution in [0.25, 0.3) is 11.4 Å². The van der Waals surface area contributed by atoms with Crippen LogP contribution in [-0.2, 0) is 0 Å². The molecule has 2 heterocycles. The summed E-state index contributed by atoms with van der Waals surface area (Å²) in [5, 5.41) is 11.5. The van der Waals surface area contributed by atoms with Gasteiger partial charge in [-0.3, -0.25) is 0 Å². The lowest BCUT2D eigenvalue weighted by atomic mass is 10.2. The maximum absolute atomic E-state index is 5.53. The number of nitrogens with zero attached hydrogens (tertiary/aromatic N) is 3. The van der Waals surface area contributed by atoms with Gasteiger partial charge in [-0.15, -0.1) is 11.3 Å². The Morgan fingerprint density at radius 1 is 1.43 bits per heavy atom. The fourth-order valence-electron chi connectivity index (χ4n) is 1.99. The number of nitrogens with one attached hydrogen (secondary N) is 1. The molecule has 3 rings (SSSR count). The number of thiophene rings is 1. The Balaban J connectivity index is 1.97. The van der Waals surface area contributed by atoms with Crippen molar-refractivity contribution in [2.45, 2.75) is 6.92 Å². The van der Waals surface area contributed by atoms with Crippen molar-refractivity contribution < 1.29 is 4.74 Å². The zero-order valence-electron chi connectivity index (χ0n) is 12.2. The lowest BCUT2D eigenvalue weighted by Crippen LogP contribution is -1.96. The van der Waals surface area contributed by atoms with Crippen LogP contribution in [0.15, 0.2) is 45.3 Å². The Labute approximate surface area is 150 Å². The van der Waals surface area contributed by atoms with Crippen molar-refractivity contribution in [1.82, 2.24) is 14.9 Å². The van der Waals surface area contributed by atoms with Gasteiger partial charge in [0.2, 0.25) is 4.77 Å². The van der Waals surface area contributed by atoms with Gasteiger partial charge in [-0.2, -0.15) is 14.9 Å². The van der Waals surface area contributed by atoms with E-state index in [4.69, 9.17) is 17.0 Å². The molecule has 0 amide bonds. The van der Waals surface area contributed by atoms with Gasteiger partial charge in [-0.1, -0.05) is 12.1 Å². The molecular formula is C15H13BrN4OS2. The molecule has 0 aliphatic rings. The fraction of sp³-hybridized carbons (Fsp3) is 0.133. The summed E-state index contributed by atoms with van der Waals surface area (Å²) in [7, 11) is 0. The third-order valence-corrected chi connectivity index (χ3v) is 4.77. The molecule has 0 fully saturated rings. The molecule has 0 atom stereocenters. The van der Waals surface area contributed by atoms with Gasteiger partial charge in [0, 0.05) is 10.4 Å². The molecule has 8 heteroatoms. The number of halogens is 1. The summed E-state index contributed by atoms with van der Waals surface area (Å²) < 4.78 is 8.63. The minimum absolute atomic E-state index is 0.439. The standard InChI is InChI=1S/C15H13BrN4OS2/c1-2-21-11-5-3-4-10(8-11)14-18-19-15(22)20(14)17-9-12-6-7-13(16)23-12/h3-9H,2H2,1H3,(H,19,22)/b17-9+. The molecule has 2 aromatic heterocycles. The topological polar surface area (TPSA) is 55.2 Å². The molecule has 0 saturated carbocycles. The Kier molecular flexibility index (Phi) is 5.04. The third kappa shape index (κ3) is 3.77. The molecule has 0 bridgehead atoms. The monoisotopic (exact) mass is 408 g/mol. The lowest BCUT2D eigenvalue weighted by Gasteiger charge is -2.05. The molecule has 0 radical (unpaired) electrons. The quantitative estimate of drug-likeness (QED) is 0.491. The van der Waals surface area contributed by atoms with E-state index in [1.165, 1.54) is 0 Å². The molecule has 0 aliphatic heterocycles. The van der Waals surface area contributed by atoms with Gasteiger partial charge in [0.05, 0.1) is 16.6 Å². The number of aromatic amines is 1. The molecule has 5 nitrogen and oxygen atoms in total. The predicted molar refractivity (Wildman–Crippen MR) is 99.0 cm³/mol. The van der Waals surface area contributed by atoms with E-state index in [1.807, 2.05) is 43.3 Å². The van der Waals surface area contributed by atoms with Crippen molar-refractivity contribution in [2.75, 3.05) is 6.61 Å². The average Bonchev–Trinajstić information content (AvgIpc) is 3.12. The van der Waals surface area contributed by atoms with E-state index in [1.54, 1.807) is 22.2 Å². The highest BCUT2D eigenvalue weighted by Gasteiger charge is 2.09. The van der Waals surface area contributed by atoms with Crippen LogP contribution in [0.5, 0.6) is 5.75 Å². The number of aromatic nitrogens is 3. The van der Waals surface area contributed by atoms with Gasteiger partial charge in [0.15, 0.2) is 5.82 Å². The number of benzene rings is 1. The van der Waals surface area contributed by atoms with E-state index in [-0.39, 0.29) is 0 Å². The van der Waals surface area contributed by atoms with Crippen molar-refractivity contribution in [1.29, 1.82) is 0 Å². The van der Waals surface area contributed by atoms with Crippen LogP contribution < -0.4 is 4.74 Å². The first-order valence-electron chi connectivity index (χ1n) is 6.87. The molecule has 0 unspecified atom stereocenters. The van der Waals surface area contributed by atoms with Gasteiger partial charge < -0.3 is 4.74 Å². The summed E-state index contributed by atoms with van der Waals surface area (Å²) in [6.07, 6.45) is 1.76. The highest BCUT2D eigenvalue weighted by Crippen LogP contribution is 2.23. The normalized spacial score (nSPS) is 11.2. The zero-order chi connectivity index (χ0) is 16.2. The number of hydrogen-bond donors (Lipinski definition) is 1. The Morgan fingerprint density at radius 2 is 2.30 bits per heavy atom. The largest absolute Gasteiger partial charge is 0.494 e.